The molecule has 1 N–H and O–H groups in total. The Balaban J connectivity index is 1.49. The molecule has 2 atom stereocenters. The number of benzene rings is 1. The predicted molar refractivity (Wildman–Crippen MR) is 102 cm³/mol. The van der Waals surface area contributed by atoms with E-state index in [-0.39, 0.29) is 30.2 Å². The number of para-hydroxylation sites is 2. The summed E-state index contributed by atoms with van der Waals surface area (Å²) >= 11 is 3.35. The van der Waals surface area contributed by atoms with E-state index in [0.29, 0.717) is 11.4 Å². The van der Waals surface area contributed by atoms with Gasteiger partial charge in [-0.15, -0.1) is 0 Å². The average molecular weight is 431 g/mol. The SMILES string of the molecule is O=C(CN1C(=O)C2CCCCC2C1=O)Nc1ccccc1-n1cc(Br)cn1. The van der Waals surface area contributed by atoms with Gasteiger partial charge in [-0.3, -0.25) is 19.3 Å². The molecule has 0 bridgehead atoms. The van der Waals surface area contributed by atoms with E-state index in [0.717, 1.165) is 35.1 Å². The van der Waals surface area contributed by atoms with Crippen molar-refractivity contribution in [1.82, 2.24) is 14.7 Å². The van der Waals surface area contributed by atoms with E-state index in [1.807, 2.05) is 12.1 Å². The largest absolute Gasteiger partial charge is 0.323 e. The van der Waals surface area contributed by atoms with Gasteiger partial charge >= 0.3 is 0 Å². The summed E-state index contributed by atoms with van der Waals surface area (Å²) in [6.45, 7) is -0.248. The van der Waals surface area contributed by atoms with E-state index in [2.05, 4.69) is 26.3 Å². The molecule has 2 unspecified atom stereocenters. The Hall–Kier alpha value is -2.48. The highest BCUT2D eigenvalue weighted by molar-refractivity contribution is 9.10. The van der Waals surface area contributed by atoms with Gasteiger partial charge in [-0.1, -0.05) is 25.0 Å². The number of hydrogen-bond acceptors (Lipinski definition) is 4. The smallest absolute Gasteiger partial charge is 0.244 e. The number of carbonyl (C=O) groups is 3. The minimum atomic E-state index is -0.394. The standard InChI is InChI=1S/C19H19BrN4O3/c20-12-9-21-24(10-12)16-8-4-3-7-15(16)22-17(25)11-23-18(26)13-5-1-2-6-14(13)19(23)27/h3-4,7-10,13-14H,1-2,5-6,11H2,(H,22,25). The Bertz CT molecular complexity index is 886. The highest BCUT2D eigenvalue weighted by atomic mass is 79.9. The molecule has 4 rings (SSSR count). The number of nitrogens with one attached hydrogen (secondary N) is 1. The van der Waals surface area contributed by atoms with Crippen LogP contribution in [0.2, 0.25) is 0 Å². The Labute approximate surface area is 164 Å². The molecule has 1 saturated heterocycles. The highest BCUT2D eigenvalue weighted by Crippen LogP contribution is 2.37. The van der Waals surface area contributed by atoms with E-state index in [9.17, 15) is 14.4 Å². The zero-order chi connectivity index (χ0) is 19.0. The molecule has 2 heterocycles. The van der Waals surface area contributed by atoms with Crippen molar-refractivity contribution in [3.05, 3.63) is 41.1 Å². The van der Waals surface area contributed by atoms with Crippen LogP contribution in [0.25, 0.3) is 5.69 Å². The lowest BCUT2D eigenvalue weighted by Crippen LogP contribution is -2.38. The molecule has 8 heteroatoms. The van der Waals surface area contributed by atoms with E-state index >= 15 is 0 Å². The molecule has 27 heavy (non-hydrogen) atoms. The number of likely N-dealkylation sites (tertiary alicyclic amines) is 1. The normalized spacial score (nSPS) is 22.0. The Morgan fingerprint density at radius 3 is 2.44 bits per heavy atom. The number of halogens is 1. The van der Waals surface area contributed by atoms with Crippen molar-refractivity contribution in [2.75, 3.05) is 11.9 Å². The Kier molecular flexibility index (Phi) is 4.82. The van der Waals surface area contributed by atoms with Crippen molar-refractivity contribution < 1.29 is 14.4 Å². The van der Waals surface area contributed by atoms with Gasteiger partial charge in [-0.25, -0.2) is 4.68 Å². The number of aromatic nitrogens is 2. The topological polar surface area (TPSA) is 84.3 Å². The lowest BCUT2D eigenvalue weighted by atomic mass is 9.81. The summed E-state index contributed by atoms with van der Waals surface area (Å²) in [5.41, 5.74) is 1.26. The van der Waals surface area contributed by atoms with Gasteiger partial charge < -0.3 is 5.32 Å². The summed E-state index contributed by atoms with van der Waals surface area (Å²) in [5, 5.41) is 7.04. The molecule has 2 aromatic rings. The first-order chi connectivity index (χ1) is 13.0. The molecule has 0 radical (unpaired) electrons. The van der Waals surface area contributed by atoms with Crippen molar-refractivity contribution >= 4 is 39.3 Å². The van der Waals surface area contributed by atoms with Crippen LogP contribution < -0.4 is 5.32 Å². The molecule has 140 valence electrons. The number of nitrogens with zero attached hydrogens (tertiary/aromatic N) is 3. The van der Waals surface area contributed by atoms with Gasteiger partial charge in [0.05, 0.1) is 33.9 Å². The maximum Gasteiger partial charge on any atom is 0.244 e. The van der Waals surface area contributed by atoms with Crippen LogP contribution >= 0.6 is 15.9 Å². The highest BCUT2D eigenvalue weighted by Gasteiger charge is 2.48. The summed E-state index contributed by atoms with van der Waals surface area (Å²) in [4.78, 5) is 38.8. The predicted octanol–water partition coefficient (Wildman–Crippen LogP) is 2.75. The molecular formula is C19H19BrN4O3. The third kappa shape index (κ3) is 3.41. The van der Waals surface area contributed by atoms with Crippen LogP contribution in [0.15, 0.2) is 41.1 Å². The van der Waals surface area contributed by atoms with E-state index in [4.69, 9.17) is 0 Å². The zero-order valence-electron chi connectivity index (χ0n) is 14.6. The summed E-state index contributed by atoms with van der Waals surface area (Å²) in [5.74, 6) is -1.29. The van der Waals surface area contributed by atoms with Crippen molar-refractivity contribution in [3.8, 4) is 5.69 Å². The number of hydrogen-bond donors (Lipinski definition) is 1. The van der Waals surface area contributed by atoms with Crippen LogP contribution in [0.4, 0.5) is 5.69 Å². The van der Waals surface area contributed by atoms with E-state index in [1.165, 1.54) is 0 Å². The fourth-order valence-corrected chi connectivity index (χ4v) is 4.22. The maximum absolute atomic E-state index is 12.6. The zero-order valence-corrected chi connectivity index (χ0v) is 16.2. The van der Waals surface area contributed by atoms with Crippen LogP contribution in [-0.4, -0.2) is 38.9 Å². The minimum absolute atomic E-state index is 0.204. The molecule has 2 fully saturated rings. The first-order valence-electron chi connectivity index (χ1n) is 8.99. The lowest BCUT2D eigenvalue weighted by molar-refractivity contribution is -0.142. The number of amides is 3. The maximum atomic E-state index is 12.6. The number of fused-ring (bicyclic) bond motifs is 1. The van der Waals surface area contributed by atoms with Gasteiger partial charge in [0.15, 0.2) is 0 Å². The number of rotatable bonds is 4. The van der Waals surface area contributed by atoms with Crippen LogP contribution in [-0.2, 0) is 14.4 Å². The fraction of sp³-hybridized carbons (Fsp3) is 0.368. The third-order valence-corrected chi connectivity index (χ3v) is 5.62. The van der Waals surface area contributed by atoms with Crippen molar-refractivity contribution in [3.63, 3.8) is 0 Å². The number of carbonyl (C=O) groups excluding carboxylic acids is 3. The number of anilines is 1. The van der Waals surface area contributed by atoms with Gasteiger partial charge in [0.2, 0.25) is 17.7 Å². The van der Waals surface area contributed by atoms with E-state index < -0.39 is 5.91 Å². The molecule has 1 aromatic heterocycles. The Morgan fingerprint density at radius 2 is 1.81 bits per heavy atom. The van der Waals surface area contributed by atoms with Crippen LogP contribution in [0, 0.1) is 11.8 Å². The average Bonchev–Trinajstić information content (AvgIpc) is 3.20. The molecule has 0 spiro atoms. The fourth-order valence-electron chi connectivity index (χ4n) is 3.93. The second-order valence-electron chi connectivity index (χ2n) is 6.93. The second kappa shape index (κ2) is 7.26. The second-order valence-corrected chi connectivity index (χ2v) is 7.84. The van der Waals surface area contributed by atoms with Crippen LogP contribution in [0.5, 0.6) is 0 Å². The number of imide groups is 1. The van der Waals surface area contributed by atoms with Crippen LogP contribution in [0.1, 0.15) is 25.7 Å². The van der Waals surface area contributed by atoms with Crippen molar-refractivity contribution in [1.29, 1.82) is 0 Å². The van der Waals surface area contributed by atoms with Crippen molar-refractivity contribution in [2.24, 2.45) is 11.8 Å². The quantitative estimate of drug-likeness (QED) is 0.755. The molecule has 1 saturated carbocycles. The monoisotopic (exact) mass is 430 g/mol. The van der Waals surface area contributed by atoms with Gasteiger partial charge in [0.25, 0.3) is 0 Å². The molecular weight excluding hydrogens is 412 g/mol. The van der Waals surface area contributed by atoms with Crippen LogP contribution in [0.3, 0.4) is 0 Å². The molecule has 3 amide bonds. The first-order valence-corrected chi connectivity index (χ1v) is 9.78. The molecule has 1 aliphatic carbocycles. The summed E-state index contributed by atoms with van der Waals surface area (Å²) in [6.07, 6.45) is 6.85. The van der Waals surface area contributed by atoms with Crippen molar-refractivity contribution in [2.45, 2.75) is 25.7 Å². The van der Waals surface area contributed by atoms with Gasteiger partial charge in [0, 0.05) is 6.20 Å². The molecule has 1 aromatic carbocycles. The Morgan fingerprint density at radius 1 is 1.15 bits per heavy atom. The minimum Gasteiger partial charge on any atom is -0.323 e. The van der Waals surface area contributed by atoms with Gasteiger partial charge in [-0.05, 0) is 40.9 Å². The third-order valence-electron chi connectivity index (χ3n) is 5.21. The lowest BCUT2D eigenvalue weighted by Gasteiger charge is -2.19. The molecule has 7 nitrogen and oxygen atoms in total. The summed E-state index contributed by atoms with van der Waals surface area (Å²) in [6, 6.07) is 7.24. The van der Waals surface area contributed by atoms with Gasteiger partial charge in [0.1, 0.15) is 6.54 Å². The molecule has 2 aliphatic rings. The van der Waals surface area contributed by atoms with Gasteiger partial charge in [-0.2, -0.15) is 5.10 Å². The summed E-state index contributed by atoms with van der Waals surface area (Å²) < 4.78 is 2.46. The molecule has 1 aliphatic heterocycles. The summed E-state index contributed by atoms with van der Waals surface area (Å²) in [7, 11) is 0. The van der Waals surface area contributed by atoms with E-state index in [1.54, 1.807) is 29.2 Å². The first kappa shape index (κ1) is 17.9.